The standard InChI is InChI=1S/C13H21N3O3S/c1-3-7-14-12-6-5-11(10-16-12)13(17)15-8-9-20(18,19)4-2/h5-6,10H,3-4,7-9H2,1-2H3,(H,14,16)(H,15,17). The van der Waals surface area contributed by atoms with Crippen LogP contribution in [0.5, 0.6) is 0 Å². The molecule has 0 spiro atoms. The summed E-state index contributed by atoms with van der Waals surface area (Å²) < 4.78 is 22.6. The highest BCUT2D eigenvalue weighted by Crippen LogP contribution is 2.05. The number of sulfone groups is 1. The third kappa shape index (κ3) is 5.56. The van der Waals surface area contributed by atoms with Gasteiger partial charge in [-0.15, -0.1) is 0 Å². The second-order valence-corrected chi connectivity index (χ2v) is 6.82. The van der Waals surface area contributed by atoms with Crippen LogP contribution in [0.15, 0.2) is 18.3 Å². The van der Waals surface area contributed by atoms with E-state index >= 15 is 0 Å². The number of aromatic nitrogens is 1. The summed E-state index contributed by atoms with van der Waals surface area (Å²) in [6.07, 6.45) is 2.47. The van der Waals surface area contributed by atoms with E-state index in [0.717, 1.165) is 18.8 Å². The summed E-state index contributed by atoms with van der Waals surface area (Å²) in [5.74, 6) is 0.448. The minimum atomic E-state index is -3.05. The molecule has 0 bridgehead atoms. The van der Waals surface area contributed by atoms with Gasteiger partial charge in [0.25, 0.3) is 5.91 Å². The van der Waals surface area contributed by atoms with Gasteiger partial charge in [0.2, 0.25) is 0 Å². The predicted octanol–water partition coefficient (Wildman–Crippen LogP) is 1.07. The lowest BCUT2D eigenvalue weighted by Gasteiger charge is -2.07. The van der Waals surface area contributed by atoms with Crippen LogP contribution < -0.4 is 10.6 Å². The van der Waals surface area contributed by atoms with Crippen molar-refractivity contribution in [2.75, 3.05) is 29.9 Å². The zero-order valence-electron chi connectivity index (χ0n) is 11.8. The smallest absolute Gasteiger partial charge is 0.252 e. The van der Waals surface area contributed by atoms with Crippen LogP contribution in [0.1, 0.15) is 30.6 Å². The number of nitrogens with one attached hydrogen (secondary N) is 2. The van der Waals surface area contributed by atoms with Crippen molar-refractivity contribution in [3.8, 4) is 0 Å². The van der Waals surface area contributed by atoms with Crippen LogP contribution in [0, 0.1) is 0 Å². The second kappa shape index (κ2) is 7.84. The molecule has 112 valence electrons. The van der Waals surface area contributed by atoms with Gasteiger partial charge in [0.1, 0.15) is 5.82 Å². The van der Waals surface area contributed by atoms with Crippen LogP contribution in [0.3, 0.4) is 0 Å². The van der Waals surface area contributed by atoms with Gasteiger partial charge in [-0.05, 0) is 18.6 Å². The van der Waals surface area contributed by atoms with E-state index in [0.29, 0.717) is 5.56 Å². The molecule has 0 radical (unpaired) electrons. The van der Waals surface area contributed by atoms with E-state index in [4.69, 9.17) is 0 Å². The van der Waals surface area contributed by atoms with Gasteiger partial charge >= 0.3 is 0 Å². The fourth-order valence-corrected chi connectivity index (χ4v) is 2.15. The van der Waals surface area contributed by atoms with Gasteiger partial charge in [-0.25, -0.2) is 13.4 Å². The zero-order chi connectivity index (χ0) is 15.0. The number of nitrogens with zero attached hydrogens (tertiary/aromatic N) is 1. The van der Waals surface area contributed by atoms with E-state index in [-0.39, 0.29) is 24.0 Å². The predicted molar refractivity (Wildman–Crippen MR) is 79.7 cm³/mol. The first-order valence-corrected chi connectivity index (χ1v) is 8.49. The molecule has 0 aliphatic rings. The molecular formula is C13H21N3O3S. The molecule has 1 heterocycles. The molecule has 1 amide bonds. The molecule has 1 aromatic heterocycles. The maximum Gasteiger partial charge on any atom is 0.252 e. The molecule has 0 aromatic carbocycles. The molecule has 7 heteroatoms. The van der Waals surface area contributed by atoms with Crippen molar-refractivity contribution in [3.05, 3.63) is 23.9 Å². The molecule has 1 aromatic rings. The van der Waals surface area contributed by atoms with Crippen molar-refractivity contribution in [2.45, 2.75) is 20.3 Å². The van der Waals surface area contributed by atoms with Gasteiger partial charge in [0.05, 0.1) is 11.3 Å². The van der Waals surface area contributed by atoms with Crippen LogP contribution in [-0.4, -0.2) is 43.9 Å². The molecule has 0 aliphatic carbocycles. The number of rotatable bonds is 8. The van der Waals surface area contributed by atoms with Crippen molar-refractivity contribution < 1.29 is 13.2 Å². The highest BCUT2D eigenvalue weighted by molar-refractivity contribution is 7.91. The Morgan fingerprint density at radius 2 is 2.00 bits per heavy atom. The number of carbonyl (C=O) groups is 1. The molecule has 2 N–H and O–H groups in total. The van der Waals surface area contributed by atoms with E-state index < -0.39 is 9.84 Å². The quantitative estimate of drug-likeness (QED) is 0.749. The molecule has 0 fully saturated rings. The number of anilines is 1. The fourth-order valence-electron chi connectivity index (χ4n) is 1.45. The Bertz CT molecular complexity index is 526. The molecule has 0 aliphatic heterocycles. The number of hydrogen-bond acceptors (Lipinski definition) is 5. The van der Waals surface area contributed by atoms with Gasteiger partial charge in [0.15, 0.2) is 9.84 Å². The van der Waals surface area contributed by atoms with Crippen molar-refractivity contribution >= 4 is 21.6 Å². The van der Waals surface area contributed by atoms with E-state index in [1.165, 1.54) is 6.20 Å². The number of amides is 1. The third-order valence-electron chi connectivity index (χ3n) is 2.72. The largest absolute Gasteiger partial charge is 0.370 e. The molecule has 20 heavy (non-hydrogen) atoms. The van der Waals surface area contributed by atoms with Gasteiger partial charge < -0.3 is 10.6 Å². The Balaban J connectivity index is 2.47. The van der Waals surface area contributed by atoms with Crippen LogP contribution in [0.4, 0.5) is 5.82 Å². The normalized spacial score (nSPS) is 11.1. The average molecular weight is 299 g/mol. The highest BCUT2D eigenvalue weighted by Gasteiger charge is 2.10. The van der Waals surface area contributed by atoms with Crippen LogP contribution >= 0.6 is 0 Å². The SMILES string of the molecule is CCCNc1ccc(C(=O)NCCS(=O)(=O)CC)cn1. The zero-order valence-corrected chi connectivity index (χ0v) is 12.7. The maximum atomic E-state index is 11.8. The average Bonchev–Trinajstić information content (AvgIpc) is 2.45. The first kappa shape index (κ1) is 16.4. The van der Waals surface area contributed by atoms with Crippen molar-refractivity contribution in [3.63, 3.8) is 0 Å². The number of hydrogen-bond donors (Lipinski definition) is 2. The molecular weight excluding hydrogens is 278 g/mol. The summed E-state index contributed by atoms with van der Waals surface area (Å²) in [6, 6.07) is 3.39. The molecule has 6 nitrogen and oxygen atoms in total. The topological polar surface area (TPSA) is 88.2 Å². The Morgan fingerprint density at radius 1 is 1.25 bits per heavy atom. The molecule has 0 unspecified atom stereocenters. The van der Waals surface area contributed by atoms with E-state index in [9.17, 15) is 13.2 Å². The van der Waals surface area contributed by atoms with Gasteiger partial charge in [0, 0.05) is 25.0 Å². The van der Waals surface area contributed by atoms with E-state index in [1.807, 2.05) is 0 Å². The number of pyridine rings is 1. The molecule has 0 atom stereocenters. The monoisotopic (exact) mass is 299 g/mol. The number of carbonyl (C=O) groups excluding carboxylic acids is 1. The lowest BCUT2D eigenvalue weighted by molar-refractivity contribution is 0.0956. The third-order valence-corrected chi connectivity index (χ3v) is 4.43. The summed E-state index contributed by atoms with van der Waals surface area (Å²) >= 11 is 0. The summed E-state index contributed by atoms with van der Waals surface area (Å²) in [6.45, 7) is 4.58. The van der Waals surface area contributed by atoms with Gasteiger partial charge in [-0.1, -0.05) is 13.8 Å². The first-order valence-electron chi connectivity index (χ1n) is 6.67. The summed E-state index contributed by atoms with van der Waals surface area (Å²) in [4.78, 5) is 15.9. The van der Waals surface area contributed by atoms with Crippen LogP contribution in [-0.2, 0) is 9.84 Å². The summed E-state index contributed by atoms with van der Waals surface area (Å²) in [5.41, 5.74) is 0.418. The fraction of sp³-hybridized carbons (Fsp3) is 0.538. The molecule has 0 saturated heterocycles. The first-order chi connectivity index (χ1) is 9.48. The molecule has 0 saturated carbocycles. The van der Waals surface area contributed by atoms with Crippen molar-refractivity contribution in [2.24, 2.45) is 0 Å². The van der Waals surface area contributed by atoms with Gasteiger partial charge in [-0.2, -0.15) is 0 Å². The summed E-state index contributed by atoms with van der Waals surface area (Å²) in [7, 11) is -3.05. The Labute approximate surface area is 119 Å². The van der Waals surface area contributed by atoms with Crippen LogP contribution in [0.25, 0.3) is 0 Å². The lowest BCUT2D eigenvalue weighted by atomic mass is 10.2. The minimum Gasteiger partial charge on any atom is -0.370 e. The maximum absolute atomic E-state index is 11.8. The highest BCUT2D eigenvalue weighted by atomic mass is 32.2. The van der Waals surface area contributed by atoms with Crippen molar-refractivity contribution in [1.82, 2.24) is 10.3 Å². The Morgan fingerprint density at radius 3 is 2.55 bits per heavy atom. The molecule has 1 rings (SSSR count). The Hall–Kier alpha value is -1.63. The minimum absolute atomic E-state index is 0.0428. The van der Waals surface area contributed by atoms with E-state index in [2.05, 4.69) is 22.5 Å². The summed E-state index contributed by atoms with van der Waals surface area (Å²) in [5, 5.41) is 5.68. The van der Waals surface area contributed by atoms with Crippen molar-refractivity contribution in [1.29, 1.82) is 0 Å². The van der Waals surface area contributed by atoms with Crippen LogP contribution in [0.2, 0.25) is 0 Å². The van der Waals surface area contributed by atoms with Gasteiger partial charge in [-0.3, -0.25) is 4.79 Å². The lowest BCUT2D eigenvalue weighted by Crippen LogP contribution is -2.29. The van der Waals surface area contributed by atoms with E-state index in [1.54, 1.807) is 19.1 Å². The second-order valence-electron chi connectivity index (χ2n) is 4.35. The Kier molecular flexibility index (Phi) is 6.44.